The highest BCUT2D eigenvalue weighted by Crippen LogP contribution is 2.20. The summed E-state index contributed by atoms with van der Waals surface area (Å²) >= 11 is 0. The predicted molar refractivity (Wildman–Crippen MR) is 94.5 cm³/mol. The Morgan fingerprint density at radius 2 is 2.24 bits per heavy atom. The van der Waals surface area contributed by atoms with Crippen LogP contribution >= 0.6 is 0 Å². The van der Waals surface area contributed by atoms with Crippen molar-refractivity contribution in [3.05, 3.63) is 52.8 Å². The van der Waals surface area contributed by atoms with Gasteiger partial charge in [0.1, 0.15) is 0 Å². The smallest absolute Gasteiger partial charge is 0.272 e. The third kappa shape index (κ3) is 3.60. The van der Waals surface area contributed by atoms with Crippen LogP contribution in [-0.2, 0) is 24.2 Å². The van der Waals surface area contributed by atoms with Crippen molar-refractivity contribution < 1.29 is 9.53 Å². The lowest BCUT2D eigenvalue weighted by Gasteiger charge is -2.16. The van der Waals surface area contributed by atoms with E-state index in [2.05, 4.69) is 27.9 Å². The third-order valence-electron chi connectivity index (χ3n) is 4.91. The van der Waals surface area contributed by atoms with E-state index in [1.54, 1.807) is 0 Å². The molecule has 0 aliphatic carbocycles. The Bertz CT molecular complexity index is 735. The molecule has 0 bridgehead atoms. The minimum absolute atomic E-state index is 0.0951. The van der Waals surface area contributed by atoms with Crippen molar-refractivity contribution in [3.63, 3.8) is 0 Å². The summed E-state index contributed by atoms with van der Waals surface area (Å²) in [6, 6.07) is 10.2. The van der Waals surface area contributed by atoms with E-state index in [1.807, 2.05) is 22.9 Å². The molecule has 1 amide bonds. The maximum atomic E-state index is 12.7. The van der Waals surface area contributed by atoms with Crippen molar-refractivity contribution in [3.8, 4) is 0 Å². The predicted octanol–water partition coefficient (Wildman–Crippen LogP) is 1.49. The number of hydrogen-bond acceptors (Lipinski definition) is 4. The normalized spacial score (nSPS) is 19.6. The van der Waals surface area contributed by atoms with Crippen LogP contribution in [0.25, 0.3) is 0 Å². The van der Waals surface area contributed by atoms with E-state index < -0.39 is 0 Å². The summed E-state index contributed by atoms with van der Waals surface area (Å²) in [6.45, 7) is 3.68. The lowest BCUT2D eigenvalue weighted by atomic mass is 10.1. The van der Waals surface area contributed by atoms with Crippen molar-refractivity contribution in [1.82, 2.24) is 20.4 Å². The first-order valence-corrected chi connectivity index (χ1v) is 9.04. The van der Waals surface area contributed by atoms with Gasteiger partial charge in [0.25, 0.3) is 5.91 Å². The van der Waals surface area contributed by atoms with Crippen LogP contribution in [0, 0.1) is 0 Å². The molecule has 1 aromatic heterocycles. The molecule has 2 N–H and O–H groups in total. The van der Waals surface area contributed by atoms with E-state index >= 15 is 0 Å². The average Bonchev–Trinajstić information content (AvgIpc) is 3.29. The van der Waals surface area contributed by atoms with Crippen molar-refractivity contribution in [2.75, 3.05) is 19.7 Å². The zero-order valence-electron chi connectivity index (χ0n) is 14.3. The van der Waals surface area contributed by atoms with Crippen molar-refractivity contribution in [2.24, 2.45) is 0 Å². The van der Waals surface area contributed by atoms with Gasteiger partial charge < -0.3 is 15.4 Å². The fourth-order valence-corrected chi connectivity index (χ4v) is 3.58. The lowest BCUT2D eigenvalue weighted by molar-refractivity contribution is 0.0852. The van der Waals surface area contributed by atoms with E-state index in [4.69, 9.17) is 4.74 Å². The summed E-state index contributed by atoms with van der Waals surface area (Å²) in [5, 5.41) is 11.0. The van der Waals surface area contributed by atoms with Crippen molar-refractivity contribution in [1.29, 1.82) is 0 Å². The minimum atomic E-state index is -0.0951. The molecule has 1 fully saturated rings. The molecule has 1 aromatic carbocycles. The Hall–Kier alpha value is -2.18. The van der Waals surface area contributed by atoms with Gasteiger partial charge in [-0.05, 0) is 18.4 Å². The van der Waals surface area contributed by atoms with E-state index in [0.29, 0.717) is 25.3 Å². The quantitative estimate of drug-likeness (QED) is 0.865. The number of hydrogen-bond donors (Lipinski definition) is 2. The van der Waals surface area contributed by atoms with Crippen LogP contribution in [-0.4, -0.2) is 41.5 Å². The molecule has 2 aromatic rings. The van der Waals surface area contributed by atoms with Crippen LogP contribution in [0.3, 0.4) is 0 Å². The molecule has 6 heteroatoms. The highest BCUT2D eigenvalue weighted by Gasteiger charge is 2.25. The van der Waals surface area contributed by atoms with E-state index in [0.717, 1.165) is 38.0 Å². The van der Waals surface area contributed by atoms with Crippen LogP contribution in [0.4, 0.5) is 0 Å². The van der Waals surface area contributed by atoms with Crippen LogP contribution in [0.5, 0.6) is 0 Å². The molecule has 1 saturated heterocycles. The highest BCUT2D eigenvalue weighted by molar-refractivity contribution is 5.94. The maximum Gasteiger partial charge on any atom is 0.272 e. The fraction of sp³-hybridized carbons (Fsp3) is 0.474. The summed E-state index contributed by atoms with van der Waals surface area (Å²) in [7, 11) is 0. The summed E-state index contributed by atoms with van der Waals surface area (Å²) in [5.74, 6) is -0.0951. The van der Waals surface area contributed by atoms with E-state index in [-0.39, 0.29) is 12.0 Å². The first kappa shape index (κ1) is 16.3. The zero-order valence-corrected chi connectivity index (χ0v) is 14.3. The topological polar surface area (TPSA) is 68.2 Å². The Morgan fingerprint density at radius 3 is 3.04 bits per heavy atom. The minimum Gasteiger partial charge on any atom is -0.376 e. The lowest BCUT2D eigenvalue weighted by Crippen LogP contribution is -2.33. The van der Waals surface area contributed by atoms with Gasteiger partial charge in [0.2, 0.25) is 0 Å². The second-order valence-corrected chi connectivity index (χ2v) is 6.69. The third-order valence-corrected chi connectivity index (χ3v) is 4.91. The van der Waals surface area contributed by atoms with Gasteiger partial charge in [-0.1, -0.05) is 30.3 Å². The number of ether oxygens (including phenoxy) is 1. The molecule has 0 spiro atoms. The molecule has 0 saturated carbocycles. The van der Waals surface area contributed by atoms with Crippen LogP contribution < -0.4 is 10.6 Å². The molecule has 1 atom stereocenters. The number of aromatic nitrogens is 2. The van der Waals surface area contributed by atoms with Gasteiger partial charge in [0.15, 0.2) is 5.69 Å². The molecular formula is C19H24N4O2. The molecule has 6 nitrogen and oxygen atoms in total. The Kier molecular flexibility index (Phi) is 4.81. The molecule has 2 aliphatic heterocycles. The number of carbonyl (C=O) groups excluding carboxylic acids is 1. The number of carbonyl (C=O) groups is 1. The van der Waals surface area contributed by atoms with Crippen LogP contribution in [0.2, 0.25) is 0 Å². The summed E-state index contributed by atoms with van der Waals surface area (Å²) in [4.78, 5) is 12.7. The Morgan fingerprint density at radius 1 is 1.36 bits per heavy atom. The maximum absolute atomic E-state index is 12.7. The van der Waals surface area contributed by atoms with Gasteiger partial charge in [-0.15, -0.1) is 0 Å². The molecule has 0 radical (unpaired) electrons. The van der Waals surface area contributed by atoms with Gasteiger partial charge >= 0.3 is 0 Å². The van der Waals surface area contributed by atoms with Gasteiger partial charge in [-0.25, -0.2) is 0 Å². The number of benzene rings is 1. The molecule has 2 aliphatic rings. The standard InChI is InChI=1S/C19H24N4O2/c24-19(21-11-15-7-4-10-25-15)18-16-12-20-9-8-17(16)23(22-18)13-14-5-2-1-3-6-14/h1-3,5-6,15,20H,4,7-13H2,(H,21,24). The van der Waals surface area contributed by atoms with Crippen LogP contribution in [0.15, 0.2) is 30.3 Å². The summed E-state index contributed by atoms with van der Waals surface area (Å²) in [6.07, 6.45) is 3.13. The molecular weight excluding hydrogens is 316 g/mol. The van der Waals surface area contributed by atoms with E-state index in [1.165, 1.54) is 11.3 Å². The highest BCUT2D eigenvalue weighted by atomic mass is 16.5. The van der Waals surface area contributed by atoms with Crippen LogP contribution in [0.1, 0.15) is 40.2 Å². The largest absolute Gasteiger partial charge is 0.376 e. The van der Waals surface area contributed by atoms with Crippen molar-refractivity contribution >= 4 is 5.91 Å². The van der Waals surface area contributed by atoms with Gasteiger partial charge in [-0.3, -0.25) is 9.48 Å². The fourth-order valence-electron chi connectivity index (χ4n) is 3.58. The first-order chi connectivity index (χ1) is 12.3. The summed E-state index contributed by atoms with van der Waals surface area (Å²) < 4.78 is 7.58. The number of nitrogens with one attached hydrogen (secondary N) is 2. The van der Waals surface area contributed by atoms with Crippen molar-refractivity contribution in [2.45, 2.75) is 38.5 Å². The molecule has 4 rings (SSSR count). The zero-order chi connectivity index (χ0) is 17.1. The van der Waals surface area contributed by atoms with E-state index in [9.17, 15) is 4.79 Å². The number of amides is 1. The van der Waals surface area contributed by atoms with Gasteiger partial charge in [0.05, 0.1) is 12.6 Å². The molecule has 25 heavy (non-hydrogen) atoms. The Balaban J connectivity index is 1.53. The second-order valence-electron chi connectivity index (χ2n) is 6.69. The van der Waals surface area contributed by atoms with Gasteiger partial charge in [-0.2, -0.15) is 5.10 Å². The summed E-state index contributed by atoms with van der Waals surface area (Å²) in [5.41, 5.74) is 3.95. The molecule has 132 valence electrons. The monoisotopic (exact) mass is 340 g/mol. The second kappa shape index (κ2) is 7.37. The van der Waals surface area contributed by atoms with Gasteiger partial charge in [0, 0.05) is 43.9 Å². The average molecular weight is 340 g/mol. The first-order valence-electron chi connectivity index (χ1n) is 9.04. The number of fused-ring (bicyclic) bond motifs is 1. The Labute approximate surface area is 147 Å². The molecule has 3 heterocycles. The molecule has 1 unspecified atom stereocenters. The SMILES string of the molecule is O=C(NCC1CCCO1)c1nn(Cc2ccccc2)c2c1CNCC2. The number of rotatable bonds is 5. The number of nitrogens with zero attached hydrogens (tertiary/aromatic N) is 2.